The molecular weight excluding hydrogens is 156 g/mol. The molecule has 2 atom stereocenters. The third-order valence-electron chi connectivity index (χ3n) is 1.32. The van der Waals surface area contributed by atoms with Crippen LogP contribution < -0.4 is 0 Å². The molecule has 0 bridgehead atoms. The first-order chi connectivity index (χ1) is 4.83. The van der Waals surface area contributed by atoms with E-state index in [0.717, 1.165) is 0 Å². The second-order valence-electron chi connectivity index (χ2n) is 2.27. The van der Waals surface area contributed by atoms with E-state index in [9.17, 15) is 0 Å². The Bertz CT molecular complexity index is 99.0. The lowest BCUT2D eigenvalue weighted by atomic mass is 10.4. The monoisotopic (exact) mass is 166 g/mol. The first-order valence-electron chi connectivity index (χ1n) is 3.27. The number of hydrogen-bond acceptors (Lipinski definition) is 3. The van der Waals surface area contributed by atoms with Crippen molar-refractivity contribution >= 4 is 11.6 Å². The van der Waals surface area contributed by atoms with E-state index in [1.54, 1.807) is 0 Å². The number of aliphatic hydroxyl groups is 1. The van der Waals surface area contributed by atoms with E-state index in [1.807, 2.05) is 0 Å². The summed E-state index contributed by atoms with van der Waals surface area (Å²) in [5, 5.41) is 8.58. The number of halogens is 1. The Morgan fingerprint density at radius 3 is 2.90 bits per heavy atom. The predicted octanol–water partition coefficient (Wildman–Crippen LogP) is 0.00150. The lowest BCUT2D eigenvalue weighted by Crippen LogP contribution is -2.21. The first kappa shape index (κ1) is 8.27. The molecule has 0 saturated carbocycles. The zero-order valence-electron chi connectivity index (χ0n) is 5.62. The van der Waals surface area contributed by atoms with Crippen LogP contribution in [0.15, 0.2) is 0 Å². The highest BCUT2D eigenvalue weighted by Gasteiger charge is 2.16. The van der Waals surface area contributed by atoms with E-state index in [4.69, 9.17) is 26.2 Å². The summed E-state index contributed by atoms with van der Waals surface area (Å²) in [4.78, 5) is 0. The fourth-order valence-electron chi connectivity index (χ4n) is 0.769. The maximum atomic E-state index is 8.65. The Morgan fingerprint density at radius 1 is 1.40 bits per heavy atom. The zero-order valence-corrected chi connectivity index (χ0v) is 6.38. The molecule has 0 aromatic heterocycles. The minimum Gasteiger partial charge on any atom is -0.394 e. The van der Waals surface area contributed by atoms with E-state index < -0.39 is 0 Å². The van der Waals surface area contributed by atoms with E-state index in [0.29, 0.717) is 19.8 Å². The van der Waals surface area contributed by atoms with Crippen molar-refractivity contribution in [2.75, 3.05) is 26.4 Å². The Balaban J connectivity index is 2.26. The fraction of sp³-hybridized carbons (Fsp3) is 1.00. The van der Waals surface area contributed by atoms with Crippen molar-refractivity contribution < 1.29 is 14.6 Å². The van der Waals surface area contributed by atoms with E-state index in [-0.39, 0.29) is 18.1 Å². The average molecular weight is 167 g/mol. The Morgan fingerprint density at radius 2 is 2.20 bits per heavy atom. The minimum absolute atomic E-state index is 0.00358. The normalized spacial score (nSPS) is 35.4. The van der Waals surface area contributed by atoms with Crippen LogP contribution in [0.2, 0.25) is 0 Å². The summed E-state index contributed by atoms with van der Waals surface area (Å²) in [7, 11) is 0. The van der Waals surface area contributed by atoms with Gasteiger partial charge in [0.25, 0.3) is 0 Å². The summed E-state index contributed by atoms with van der Waals surface area (Å²) in [6.07, 6.45) is -0.191. The van der Waals surface area contributed by atoms with Gasteiger partial charge in [-0.2, -0.15) is 0 Å². The molecule has 1 rings (SSSR count). The van der Waals surface area contributed by atoms with Crippen LogP contribution >= 0.6 is 11.6 Å². The SMILES string of the molecule is OCC1COCC(Cl)CO1. The lowest BCUT2D eigenvalue weighted by molar-refractivity contribution is -0.00795. The molecule has 10 heavy (non-hydrogen) atoms. The van der Waals surface area contributed by atoms with E-state index in [2.05, 4.69) is 0 Å². The van der Waals surface area contributed by atoms with Crippen LogP contribution in [0.5, 0.6) is 0 Å². The summed E-state index contributed by atoms with van der Waals surface area (Å²) in [6, 6.07) is 0. The van der Waals surface area contributed by atoms with Crippen LogP contribution in [0.4, 0.5) is 0 Å². The van der Waals surface area contributed by atoms with E-state index >= 15 is 0 Å². The van der Waals surface area contributed by atoms with Crippen molar-refractivity contribution in [3.05, 3.63) is 0 Å². The van der Waals surface area contributed by atoms with Crippen LogP contribution in [-0.4, -0.2) is 43.0 Å². The molecule has 1 aliphatic rings. The zero-order chi connectivity index (χ0) is 7.40. The minimum atomic E-state index is -0.191. The second-order valence-corrected chi connectivity index (χ2v) is 2.89. The van der Waals surface area contributed by atoms with Crippen molar-refractivity contribution in [1.82, 2.24) is 0 Å². The summed E-state index contributed by atoms with van der Waals surface area (Å²) in [5.41, 5.74) is 0. The number of alkyl halides is 1. The van der Waals surface area contributed by atoms with Gasteiger partial charge >= 0.3 is 0 Å². The van der Waals surface area contributed by atoms with Crippen molar-refractivity contribution in [3.63, 3.8) is 0 Å². The third-order valence-corrected chi connectivity index (χ3v) is 1.57. The molecular formula is C6H11ClO3. The van der Waals surface area contributed by atoms with Gasteiger partial charge in [-0.1, -0.05) is 0 Å². The molecule has 1 saturated heterocycles. The van der Waals surface area contributed by atoms with Gasteiger partial charge in [-0.15, -0.1) is 11.6 Å². The Kier molecular flexibility index (Phi) is 3.42. The quantitative estimate of drug-likeness (QED) is 0.558. The van der Waals surface area contributed by atoms with Gasteiger partial charge in [-0.05, 0) is 0 Å². The number of ether oxygens (including phenoxy) is 2. The summed E-state index contributed by atoms with van der Waals surface area (Å²) in [6.45, 7) is 1.42. The van der Waals surface area contributed by atoms with Crippen molar-refractivity contribution in [1.29, 1.82) is 0 Å². The molecule has 0 aromatic carbocycles. The fourth-order valence-corrected chi connectivity index (χ4v) is 0.931. The largest absolute Gasteiger partial charge is 0.394 e. The predicted molar refractivity (Wildman–Crippen MR) is 37.3 cm³/mol. The molecule has 0 aliphatic carbocycles. The van der Waals surface area contributed by atoms with Gasteiger partial charge in [0.15, 0.2) is 0 Å². The summed E-state index contributed by atoms with van der Waals surface area (Å²) in [5.74, 6) is 0. The highest BCUT2D eigenvalue weighted by atomic mass is 35.5. The van der Waals surface area contributed by atoms with Crippen molar-refractivity contribution in [2.45, 2.75) is 11.5 Å². The number of hydrogen-bond donors (Lipinski definition) is 1. The standard InChI is InChI=1S/C6H11ClO3/c7-5-2-9-4-6(1-8)10-3-5/h5-6,8H,1-4H2. The van der Waals surface area contributed by atoms with Gasteiger partial charge in [-0.3, -0.25) is 0 Å². The first-order valence-corrected chi connectivity index (χ1v) is 3.71. The molecule has 60 valence electrons. The molecule has 0 aromatic rings. The lowest BCUT2D eigenvalue weighted by Gasteiger charge is -2.09. The highest BCUT2D eigenvalue weighted by Crippen LogP contribution is 2.06. The average Bonchev–Trinajstić information content (AvgIpc) is 2.14. The molecule has 0 amide bonds. The molecule has 1 N–H and O–H groups in total. The van der Waals surface area contributed by atoms with E-state index in [1.165, 1.54) is 0 Å². The molecule has 2 unspecified atom stereocenters. The molecule has 1 fully saturated rings. The van der Waals surface area contributed by atoms with Crippen LogP contribution in [-0.2, 0) is 9.47 Å². The highest BCUT2D eigenvalue weighted by molar-refractivity contribution is 6.20. The smallest absolute Gasteiger partial charge is 0.104 e. The molecule has 3 nitrogen and oxygen atoms in total. The molecule has 4 heteroatoms. The van der Waals surface area contributed by atoms with Crippen LogP contribution in [0.3, 0.4) is 0 Å². The Labute approximate surface area is 64.9 Å². The molecule has 1 aliphatic heterocycles. The van der Waals surface area contributed by atoms with Gasteiger partial charge in [0, 0.05) is 0 Å². The van der Waals surface area contributed by atoms with Crippen molar-refractivity contribution in [2.24, 2.45) is 0 Å². The van der Waals surface area contributed by atoms with Crippen LogP contribution in [0.25, 0.3) is 0 Å². The Hall–Kier alpha value is 0.170. The van der Waals surface area contributed by atoms with Gasteiger partial charge < -0.3 is 14.6 Å². The van der Waals surface area contributed by atoms with Crippen LogP contribution in [0.1, 0.15) is 0 Å². The molecule has 1 heterocycles. The van der Waals surface area contributed by atoms with Gasteiger partial charge in [0.1, 0.15) is 6.10 Å². The topological polar surface area (TPSA) is 38.7 Å². The van der Waals surface area contributed by atoms with Crippen molar-refractivity contribution in [3.8, 4) is 0 Å². The second kappa shape index (κ2) is 4.13. The number of aliphatic hydroxyl groups excluding tert-OH is 1. The third kappa shape index (κ3) is 2.42. The van der Waals surface area contributed by atoms with Gasteiger partial charge in [0.05, 0.1) is 31.8 Å². The summed E-state index contributed by atoms with van der Waals surface area (Å²) < 4.78 is 10.3. The number of rotatable bonds is 1. The maximum absolute atomic E-state index is 8.65. The van der Waals surface area contributed by atoms with Gasteiger partial charge in [0.2, 0.25) is 0 Å². The molecule has 0 spiro atoms. The maximum Gasteiger partial charge on any atom is 0.104 e. The summed E-state index contributed by atoms with van der Waals surface area (Å²) >= 11 is 5.71. The molecule has 0 radical (unpaired) electrons. The van der Waals surface area contributed by atoms with Crippen LogP contribution in [0, 0.1) is 0 Å². The van der Waals surface area contributed by atoms with Gasteiger partial charge in [-0.25, -0.2) is 0 Å².